The number of hydrogen-bond acceptors (Lipinski definition) is 16. The van der Waals surface area contributed by atoms with Crippen molar-refractivity contribution in [1.82, 2.24) is 10.6 Å². The van der Waals surface area contributed by atoms with Gasteiger partial charge in [-0.3, -0.25) is 19.6 Å². The van der Waals surface area contributed by atoms with E-state index in [1.165, 1.54) is 6.07 Å². The first-order valence-electron chi connectivity index (χ1n) is 24.7. The van der Waals surface area contributed by atoms with Crippen molar-refractivity contribution in [3.05, 3.63) is 184 Å². The van der Waals surface area contributed by atoms with Crippen molar-refractivity contribution in [3.8, 4) is 11.5 Å². The molecule has 418 valence electrons. The van der Waals surface area contributed by atoms with E-state index in [4.69, 9.17) is 19.4 Å². The molecule has 0 unspecified atom stereocenters. The van der Waals surface area contributed by atoms with Gasteiger partial charge in [0.25, 0.3) is 5.91 Å². The van der Waals surface area contributed by atoms with Gasteiger partial charge in [0.15, 0.2) is 11.5 Å². The number of ether oxygens (including phenoxy) is 2. The predicted octanol–water partition coefficient (Wildman–Crippen LogP) is 9.69. The molecule has 24 heteroatoms. The third kappa shape index (κ3) is 16.9. The minimum atomic E-state index is -5.08. The average Bonchev–Trinajstić information content (AvgIpc) is 4.28. The molecular formula is C57H53F3N10O10S. The number of aliphatic carboxylic acids is 1. The Labute approximate surface area is 466 Å². The van der Waals surface area contributed by atoms with Crippen LogP contribution in [0.1, 0.15) is 39.5 Å². The lowest BCUT2D eigenvalue weighted by Gasteiger charge is -2.13. The number of amides is 4. The molecule has 0 saturated carbocycles. The van der Waals surface area contributed by atoms with Gasteiger partial charge in [-0.1, -0.05) is 48.2 Å². The van der Waals surface area contributed by atoms with Crippen LogP contribution in [-0.4, -0.2) is 108 Å². The maximum atomic E-state index is 13.4. The normalized spacial score (nSPS) is 14.3. The molecule has 3 aliphatic rings. The van der Waals surface area contributed by atoms with Crippen LogP contribution < -0.4 is 42.0 Å². The summed E-state index contributed by atoms with van der Waals surface area (Å²) in [5.41, 5.74) is 7.08. The maximum absolute atomic E-state index is 13.4. The Morgan fingerprint density at radius 3 is 1.95 bits per heavy atom. The zero-order valence-corrected chi connectivity index (χ0v) is 44.1. The van der Waals surface area contributed by atoms with Crippen LogP contribution in [0.4, 0.5) is 52.1 Å². The number of para-hydroxylation sites is 1. The van der Waals surface area contributed by atoms with Crippen LogP contribution in [-0.2, 0) is 25.7 Å². The zero-order valence-electron chi connectivity index (χ0n) is 43.3. The number of alkyl halides is 3. The first-order chi connectivity index (χ1) is 39.0. The molecule has 4 amide bonds. The third-order valence-electron chi connectivity index (χ3n) is 11.3. The number of nitrogens with one attached hydrogen (secondary N) is 7. The number of aliphatic imine (C=N–C) groups is 3. The largest absolute Gasteiger partial charge is 0.506 e. The number of phenolic OH excluding ortho intramolecular Hbond substituents is 1. The molecule has 81 heavy (non-hydrogen) atoms. The fourth-order valence-electron chi connectivity index (χ4n) is 7.57. The van der Waals surface area contributed by atoms with E-state index in [-0.39, 0.29) is 36.0 Å². The smallest absolute Gasteiger partial charge is 0.490 e. The van der Waals surface area contributed by atoms with E-state index in [2.05, 4.69) is 52.2 Å². The fourth-order valence-corrected chi connectivity index (χ4v) is 8.60. The Balaban J connectivity index is 0.000000375. The highest BCUT2D eigenvalue weighted by Gasteiger charge is 2.38. The quantitative estimate of drug-likeness (QED) is 0.0319. The van der Waals surface area contributed by atoms with Gasteiger partial charge in [0.2, 0.25) is 6.41 Å². The van der Waals surface area contributed by atoms with E-state index >= 15 is 0 Å². The highest BCUT2D eigenvalue weighted by molar-refractivity contribution is 8.18. The molecule has 0 bridgehead atoms. The molecule has 0 spiro atoms. The standard InChI is InChI=1S/C45H41N7O7S.C10H11N3O.C2HF3O2/c1-3-58-44(56)39-40(54)38(60-43(39)50-31-9-5-4-6-10-31)22-27-12-17-37(36(53)21-27)59-26-28-8-7-11-33(20-28)49-42(55)30-23-34(46-2)25-35(24-30)52-45(57)51-32-15-13-29(14-16-32)41-47-18-19-48-41;14-7-13-9-3-1-8(2-4-9)10-11-5-6-12-10;3-2(4,5)1(6)7/h4-17,20-25,46,53-54H,3,18-19,26H2,1-2H3,(H,47,48)(H,49,55)(H2,51,52,57);1-4,7H,5-6H2,(H,11,12)(H,13,14);(H,6,7)/b38-22-,50-43?;;. The van der Waals surface area contributed by atoms with Gasteiger partial charge in [0, 0.05) is 65.3 Å². The summed E-state index contributed by atoms with van der Waals surface area (Å²) < 4.78 is 42.9. The number of halogens is 3. The molecule has 0 aliphatic carbocycles. The van der Waals surface area contributed by atoms with Crippen LogP contribution >= 0.6 is 11.8 Å². The molecule has 3 aliphatic heterocycles. The number of aromatic hydroxyl groups is 1. The number of carboxylic acid groups (broad SMARTS) is 1. The Morgan fingerprint density at radius 1 is 0.741 bits per heavy atom. The van der Waals surface area contributed by atoms with Crippen LogP contribution in [0, 0.1) is 0 Å². The van der Waals surface area contributed by atoms with Gasteiger partial charge < -0.3 is 62.0 Å². The number of benzene rings is 6. The number of carbonyl (C=O) groups is 5. The van der Waals surface area contributed by atoms with E-state index < -0.39 is 30.1 Å². The first kappa shape index (κ1) is 58.6. The molecule has 0 radical (unpaired) electrons. The summed E-state index contributed by atoms with van der Waals surface area (Å²) in [4.78, 5) is 71.8. The van der Waals surface area contributed by atoms with E-state index in [1.54, 1.807) is 92.8 Å². The first-order valence-corrected chi connectivity index (χ1v) is 25.5. The molecule has 0 saturated heterocycles. The minimum absolute atomic E-state index is 0.0285. The van der Waals surface area contributed by atoms with Crippen molar-refractivity contribution in [2.24, 2.45) is 15.0 Å². The fraction of sp³-hybridized carbons (Fsp3) is 0.158. The van der Waals surface area contributed by atoms with E-state index in [1.807, 2.05) is 60.7 Å². The second kappa shape index (κ2) is 28.0. The summed E-state index contributed by atoms with van der Waals surface area (Å²) in [6, 6.07) is 40.4. The minimum Gasteiger partial charge on any atom is -0.506 e. The van der Waals surface area contributed by atoms with Gasteiger partial charge in [-0.15, -0.1) is 0 Å². The van der Waals surface area contributed by atoms with Gasteiger partial charge in [0.05, 0.1) is 30.3 Å². The van der Waals surface area contributed by atoms with E-state index in [0.717, 1.165) is 72.0 Å². The summed E-state index contributed by atoms with van der Waals surface area (Å²) >= 11 is 1.12. The number of rotatable bonds is 16. The second-order valence-electron chi connectivity index (χ2n) is 17.1. The van der Waals surface area contributed by atoms with Gasteiger partial charge >= 0.3 is 24.1 Å². The molecule has 3 heterocycles. The molecule has 0 aromatic heterocycles. The summed E-state index contributed by atoms with van der Waals surface area (Å²) in [7, 11) is 1.72. The van der Waals surface area contributed by atoms with Gasteiger partial charge in [-0.25, -0.2) is 19.4 Å². The van der Waals surface area contributed by atoms with Gasteiger partial charge in [-0.05, 0) is 127 Å². The highest BCUT2D eigenvalue weighted by atomic mass is 32.2. The number of thioether (sulfide) groups is 1. The number of aliphatic hydroxyl groups is 1. The Morgan fingerprint density at radius 2 is 1.37 bits per heavy atom. The highest BCUT2D eigenvalue weighted by Crippen LogP contribution is 2.41. The lowest BCUT2D eigenvalue weighted by atomic mass is 10.1. The summed E-state index contributed by atoms with van der Waals surface area (Å²) in [6.45, 7) is 5.17. The van der Waals surface area contributed by atoms with Crippen LogP contribution in [0.3, 0.4) is 0 Å². The molecule has 10 N–H and O–H groups in total. The van der Waals surface area contributed by atoms with E-state index in [0.29, 0.717) is 55.9 Å². The Hall–Kier alpha value is -10.1. The molecule has 0 atom stereocenters. The summed E-state index contributed by atoms with van der Waals surface area (Å²) in [5.74, 6) is -2.27. The zero-order chi connectivity index (χ0) is 57.9. The maximum Gasteiger partial charge on any atom is 0.490 e. The molecular weight excluding hydrogens is 1070 g/mol. The van der Waals surface area contributed by atoms with Crippen molar-refractivity contribution in [3.63, 3.8) is 0 Å². The number of hydrogen-bond donors (Lipinski definition) is 10. The number of anilines is 5. The monoisotopic (exact) mass is 1130 g/mol. The SMILES string of the molecule is CCOC(=O)C1=C(O)/C(=C/c2ccc(OCc3cccc(NC(=O)c4cc(NC)cc(NC(=O)Nc5ccc(C6=NCCN6)cc5)c4)c3)c(O)c2)SC1=Nc1ccccc1.O=C(O)C(F)(F)F.O=CNc1ccc(C2=NCCN2)cc1. The van der Waals surface area contributed by atoms with Crippen molar-refractivity contribution in [2.45, 2.75) is 19.7 Å². The number of esters is 1. The van der Waals surface area contributed by atoms with Gasteiger partial charge in [0.1, 0.15) is 34.7 Å². The number of urea groups is 1. The molecule has 0 fully saturated rings. The average molecular weight is 1130 g/mol. The number of carboxylic acids is 1. The summed E-state index contributed by atoms with van der Waals surface area (Å²) in [5, 5.41) is 49.9. The van der Waals surface area contributed by atoms with Crippen LogP contribution in [0.15, 0.2) is 171 Å². The number of amidine groups is 2. The number of nitrogens with zero attached hydrogens (tertiary/aromatic N) is 3. The van der Waals surface area contributed by atoms with Crippen molar-refractivity contribution in [2.75, 3.05) is 66.4 Å². The van der Waals surface area contributed by atoms with Crippen molar-refractivity contribution >= 4 is 99.0 Å². The molecule has 9 rings (SSSR count). The van der Waals surface area contributed by atoms with Crippen molar-refractivity contribution in [1.29, 1.82) is 0 Å². The number of aliphatic hydroxyl groups excluding tert-OH is 1. The third-order valence-corrected chi connectivity index (χ3v) is 12.4. The molecule has 6 aromatic rings. The lowest BCUT2D eigenvalue weighted by Crippen LogP contribution is -2.21. The van der Waals surface area contributed by atoms with Crippen molar-refractivity contribution < 1.29 is 61.9 Å². The molecule has 6 aromatic carbocycles. The van der Waals surface area contributed by atoms with Crippen LogP contribution in [0.5, 0.6) is 11.5 Å². The molecule has 20 nitrogen and oxygen atoms in total. The Bertz CT molecular complexity index is 3430. The lowest BCUT2D eigenvalue weighted by molar-refractivity contribution is -0.192. The second-order valence-corrected chi connectivity index (χ2v) is 18.2. The number of carbonyl (C=O) groups excluding carboxylic acids is 4. The predicted molar refractivity (Wildman–Crippen MR) is 306 cm³/mol. The topological polar surface area (TPSA) is 286 Å². The van der Waals surface area contributed by atoms with Crippen LogP contribution in [0.25, 0.3) is 6.08 Å². The number of phenols is 1. The summed E-state index contributed by atoms with van der Waals surface area (Å²) in [6.07, 6.45) is -2.78. The Kier molecular flexibility index (Phi) is 20.2. The van der Waals surface area contributed by atoms with Gasteiger partial charge in [-0.2, -0.15) is 13.2 Å². The van der Waals surface area contributed by atoms with Crippen LogP contribution in [0.2, 0.25) is 0 Å². The van der Waals surface area contributed by atoms with E-state index in [9.17, 15) is 42.6 Å².